The lowest BCUT2D eigenvalue weighted by Gasteiger charge is -2.42. The fraction of sp³-hybridized carbons (Fsp3) is 0.533. The number of hydrogen-bond donors (Lipinski definition) is 2. The Kier molecular flexibility index (Phi) is 3.77. The molecule has 0 heterocycles. The fourth-order valence-corrected chi connectivity index (χ4v) is 2.72. The first-order valence-electron chi connectivity index (χ1n) is 6.67. The van der Waals surface area contributed by atoms with E-state index in [0.29, 0.717) is 10.4 Å². The van der Waals surface area contributed by atoms with E-state index in [-0.39, 0.29) is 5.91 Å². The standard InChI is InChI=1S/C15H21ClN2O/c1-14(2)7-9-15(10-8-14,13(17)19)18-12-5-3-11(16)4-6-12/h3-6,18H,7-10H2,1-2H3,(H2,17,19). The molecular formula is C15H21ClN2O. The van der Waals surface area contributed by atoms with Gasteiger partial charge in [-0.1, -0.05) is 25.4 Å². The van der Waals surface area contributed by atoms with Crippen LogP contribution in [0, 0.1) is 5.41 Å². The Morgan fingerprint density at radius 1 is 1.16 bits per heavy atom. The van der Waals surface area contributed by atoms with Crippen LogP contribution in [0.5, 0.6) is 0 Å². The summed E-state index contributed by atoms with van der Waals surface area (Å²) in [6, 6.07) is 7.39. The number of primary amides is 1. The molecule has 1 fully saturated rings. The van der Waals surface area contributed by atoms with Gasteiger partial charge in [-0.25, -0.2) is 0 Å². The number of carbonyl (C=O) groups excluding carboxylic acids is 1. The van der Waals surface area contributed by atoms with Crippen LogP contribution in [0.1, 0.15) is 39.5 Å². The summed E-state index contributed by atoms with van der Waals surface area (Å²) in [6.07, 6.45) is 3.54. The highest BCUT2D eigenvalue weighted by Crippen LogP contribution is 2.41. The Labute approximate surface area is 119 Å². The zero-order valence-corrected chi connectivity index (χ0v) is 12.3. The molecule has 104 valence electrons. The van der Waals surface area contributed by atoms with Gasteiger partial charge >= 0.3 is 0 Å². The highest BCUT2D eigenvalue weighted by Gasteiger charge is 2.42. The topological polar surface area (TPSA) is 55.1 Å². The third-order valence-electron chi connectivity index (χ3n) is 4.16. The minimum absolute atomic E-state index is 0.266. The lowest BCUT2D eigenvalue weighted by molar-refractivity contribution is -0.124. The second kappa shape index (κ2) is 5.04. The van der Waals surface area contributed by atoms with Crippen LogP contribution in [-0.2, 0) is 4.79 Å². The van der Waals surface area contributed by atoms with Gasteiger partial charge < -0.3 is 11.1 Å². The van der Waals surface area contributed by atoms with Crippen LogP contribution in [0.3, 0.4) is 0 Å². The van der Waals surface area contributed by atoms with Crippen molar-refractivity contribution in [1.82, 2.24) is 0 Å². The van der Waals surface area contributed by atoms with Crippen molar-refractivity contribution in [1.29, 1.82) is 0 Å². The van der Waals surface area contributed by atoms with Gasteiger partial charge in [0, 0.05) is 10.7 Å². The fourth-order valence-electron chi connectivity index (χ4n) is 2.60. The van der Waals surface area contributed by atoms with Crippen molar-refractivity contribution in [2.24, 2.45) is 11.1 Å². The molecule has 1 aromatic carbocycles. The molecule has 0 atom stereocenters. The molecule has 0 unspecified atom stereocenters. The summed E-state index contributed by atoms with van der Waals surface area (Å²) in [6.45, 7) is 4.47. The van der Waals surface area contributed by atoms with Crippen LogP contribution in [-0.4, -0.2) is 11.4 Å². The van der Waals surface area contributed by atoms with E-state index in [1.165, 1.54) is 0 Å². The predicted molar refractivity (Wildman–Crippen MR) is 79.2 cm³/mol. The molecule has 4 heteroatoms. The zero-order chi connectivity index (χ0) is 14.1. The summed E-state index contributed by atoms with van der Waals surface area (Å²) >= 11 is 5.87. The minimum Gasteiger partial charge on any atom is -0.371 e. The Morgan fingerprint density at radius 2 is 1.68 bits per heavy atom. The van der Waals surface area contributed by atoms with Crippen LogP contribution < -0.4 is 11.1 Å². The van der Waals surface area contributed by atoms with E-state index in [2.05, 4.69) is 19.2 Å². The monoisotopic (exact) mass is 280 g/mol. The first-order valence-corrected chi connectivity index (χ1v) is 7.05. The van der Waals surface area contributed by atoms with Gasteiger partial charge in [0.05, 0.1) is 0 Å². The van der Waals surface area contributed by atoms with E-state index in [9.17, 15) is 4.79 Å². The normalized spacial score (nSPS) is 20.8. The molecule has 3 nitrogen and oxygen atoms in total. The first kappa shape index (κ1) is 14.2. The maximum Gasteiger partial charge on any atom is 0.243 e. The molecule has 19 heavy (non-hydrogen) atoms. The molecule has 0 saturated heterocycles. The van der Waals surface area contributed by atoms with E-state index in [4.69, 9.17) is 17.3 Å². The van der Waals surface area contributed by atoms with Crippen molar-refractivity contribution in [2.75, 3.05) is 5.32 Å². The van der Waals surface area contributed by atoms with Crippen LogP contribution in [0.15, 0.2) is 24.3 Å². The van der Waals surface area contributed by atoms with E-state index < -0.39 is 5.54 Å². The predicted octanol–water partition coefficient (Wildman–Crippen LogP) is 3.58. The number of halogens is 1. The van der Waals surface area contributed by atoms with Gasteiger partial charge in [0.1, 0.15) is 5.54 Å². The third-order valence-corrected chi connectivity index (χ3v) is 4.41. The molecule has 1 amide bonds. The Hall–Kier alpha value is -1.22. The summed E-state index contributed by atoms with van der Waals surface area (Å²) in [7, 11) is 0. The van der Waals surface area contributed by atoms with Gasteiger partial charge in [-0.2, -0.15) is 0 Å². The van der Waals surface area contributed by atoms with Gasteiger partial charge in [-0.05, 0) is 55.4 Å². The van der Waals surface area contributed by atoms with Crippen molar-refractivity contribution >= 4 is 23.2 Å². The number of nitrogens with one attached hydrogen (secondary N) is 1. The molecule has 0 spiro atoms. The quantitative estimate of drug-likeness (QED) is 0.889. The highest BCUT2D eigenvalue weighted by atomic mass is 35.5. The van der Waals surface area contributed by atoms with Gasteiger partial charge in [-0.15, -0.1) is 0 Å². The van der Waals surface area contributed by atoms with Gasteiger partial charge in [0.15, 0.2) is 0 Å². The molecular weight excluding hydrogens is 260 g/mol. The smallest absolute Gasteiger partial charge is 0.243 e. The second-order valence-electron chi connectivity index (χ2n) is 6.24. The number of rotatable bonds is 3. The molecule has 1 aliphatic carbocycles. The van der Waals surface area contributed by atoms with Crippen LogP contribution in [0.25, 0.3) is 0 Å². The van der Waals surface area contributed by atoms with E-state index >= 15 is 0 Å². The molecule has 0 aromatic heterocycles. The second-order valence-corrected chi connectivity index (χ2v) is 6.68. The number of amides is 1. The maximum absolute atomic E-state index is 11.9. The summed E-state index contributed by atoms with van der Waals surface area (Å²) in [4.78, 5) is 11.9. The molecule has 1 aliphatic rings. The number of anilines is 1. The van der Waals surface area contributed by atoms with Crippen molar-refractivity contribution in [3.63, 3.8) is 0 Å². The number of benzene rings is 1. The molecule has 0 aliphatic heterocycles. The number of nitrogens with two attached hydrogens (primary N) is 1. The molecule has 0 radical (unpaired) electrons. The molecule has 2 rings (SSSR count). The minimum atomic E-state index is -0.622. The Morgan fingerprint density at radius 3 is 2.16 bits per heavy atom. The van der Waals surface area contributed by atoms with Gasteiger partial charge in [-0.3, -0.25) is 4.79 Å². The first-order chi connectivity index (χ1) is 8.83. The number of hydrogen-bond acceptors (Lipinski definition) is 2. The summed E-state index contributed by atoms with van der Waals surface area (Å²) in [5.41, 5.74) is 6.20. The maximum atomic E-state index is 11.9. The summed E-state index contributed by atoms with van der Waals surface area (Å²) < 4.78 is 0. The third kappa shape index (κ3) is 3.21. The molecule has 1 saturated carbocycles. The SMILES string of the molecule is CC1(C)CCC(Nc2ccc(Cl)cc2)(C(N)=O)CC1. The van der Waals surface area contributed by atoms with Gasteiger partial charge in [0.25, 0.3) is 0 Å². The Balaban J connectivity index is 2.17. The average Bonchev–Trinajstić information content (AvgIpc) is 2.35. The molecule has 3 N–H and O–H groups in total. The molecule has 1 aromatic rings. The average molecular weight is 281 g/mol. The lowest BCUT2D eigenvalue weighted by atomic mass is 9.69. The van der Waals surface area contributed by atoms with Gasteiger partial charge in [0.2, 0.25) is 5.91 Å². The highest BCUT2D eigenvalue weighted by molar-refractivity contribution is 6.30. The largest absolute Gasteiger partial charge is 0.371 e. The summed E-state index contributed by atoms with van der Waals surface area (Å²) in [5.74, 6) is -0.266. The Bertz CT molecular complexity index is 458. The van der Waals surface area contributed by atoms with E-state index in [1.807, 2.05) is 24.3 Å². The van der Waals surface area contributed by atoms with Crippen LogP contribution in [0.4, 0.5) is 5.69 Å². The number of carbonyl (C=O) groups is 1. The van der Waals surface area contributed by atoms with Crippen molar-refractivity contribution < 1.29 is 4.79 Å². The molecule has 0 bridgehead atoms. The lowest BCUT2D eigenvalue weighted by Crippen LogP contribution is -2.53. The van der Waals surface area contributed by atoms with Crippen LogP contribution >= 0.6 is 11.6 Å². The van der Waals surface area contributed by atoms with E-state index in [1.54, 1.807) is 0 Å². The van der Waals surface area contributed by atoms with Crippen molar-refractivity contribution in [3.05, 3.63) is 29.3 Å². The summed E-state index contributed by atoms with van der Waals surface area (Å²) in [5, 5.41) is 4.01. The zero-order valence-electron chi connectivity index (χ0n) is 11.5. The van der Waals surface area contributed by atoms with Crippen LogP contribution in [0.2, 0.25) is 5.02 Å². The van der Waals surface area contributed by atoms with Crippen molar-refractivity contribution in [2.45, 2.75) is 45.1 Å². The van der Waals surface area contributed by atoms with Crippen molar-refractivity contribution in [3.8, 4) is 0 Å². The van der Waals surface area contributed by atoms with E-state index in [0.717, 1.165) is 31.4 Å².